The van der Waals surface area contributed by atoms with Crippen LogP contribution < -0.4 is 10.9 Å². The minimum atomic E-state index is -4.69. The SMILES string of the molecule is Cc1nc2nc(C(F)(F)F)nn2c(C)c1CCC(=O)NNC(=O)c1ccc2ccccc2n1. The summed E-state index contributed by atoms with van der Waals surface area (Å²) in [6, 6.07) is 10.6. The Morgan fingerprint density at radius 1 is 1.00 bits per heavy atom. The molecule has 0 aliphatic carbocycles. The number of alkyl halides is 3. The number of halogens is 3. The Morgan fingerprint density at radius 2 is 1.76 bits per heavy atom. The van der Waals surface area contributed by atoms with Crippen LogP contribution in [0.25, 0.3) is 16.7 Å². The van der Waals surface area contributed by atoms with E-state index < -0.39 is 23.8 Å². The van der Waals surface area contributed by atoms with Gasteiger partial charge in [0.05, 0.1) is 5.52 Å². The highest BCUT2D eigenvalue weighted by Crippen LogP contribution is 2.27. The number of nitrogens with one attached hydrogen (secondary N) is 2. The first-order valence-corrected chi connectivity index (χ1v) is 9.88. The molecular formula is C21H18F3N7O2. The zero-order valence-corrected chi connectivity index (χ0v) is 17.6. The molecule has 4 aromatic rings. The minimum Gasteiger partial charge on any atom is -0.273 e. The lowest BCUT2D eigenvalue weighted by Gasteiger charge is -2.11. The number of carbonyl (C=O) groups is 2. The molecule has 0 radical (unpaired) electrons. The molecule has 2 N–H and O–H groups in total. The largest absolute Gasteiger partial charge is 0.453 e. The minimum absolute atomic E-state index is 0.0406. The van der Waals surface area contributed by atoms with Crippen molar-refractivity contribution < 1.29 is 22.8 Å². The van der Waals surface area contributed by atoms with E-state index in [2.05, 4.69) is 30.9 Å². The molecule has 0 unspecified atom stereocenters. The zero-order valence-electron chi connectivity index (χ0n) is 17.6. The maximum Gasteiger partial charge on any atom is 0.453 e. The highest BCUT2D eigenvalue weighted by Gasteiger charge is 2.37. The van der Waals surface area contributed by atoms with Crippen LogP contribution in [0.2, 0.25) is 0 Å². The van der Waals surface area contributed by atoms with Crippen molar-refractivity contribution in [3.63, 3.8) is 0 Å². The summed E-state index contributed by atoms with van der Waals surface area (Å²) in [5.41, 5.74) is 6.82. The summed E-state index contributed by atoms with van der Waals surface area (Å²) in [6.07, 6.45) is -4.55. The van der Waals surface area contributed by atoms with Crippen LogP contribution in [0.4, 0.5) is 13.2 Å². The van der Waals surface area contributed by atoms with E-state index in [-0.39, 0.29) is 24.3 Å². The molecule has 0 aliphatic rings. The average molecular weight is 457 g/mol. The summed E-state index contributed by atoms with van der Waals surface area (Å²) in [6.45, 7) is 3.20. The first-order chi connectivity index (χ1) is 15.6. The molecule has 3 aromatic heterocycles. The van der Waals surface area contributed by atoms with Crippen LogP contribution in [-0.4, -0.2) is 36.4 Å². The summed E-state index contributed by atoms with van der Waals surface area (Å²) in [5, 5.41) is 4.36. The van der Waals surface area contributed by atoms with E-state index in [1.165, 1.54) is 0 Å². The number of rotatable bonds is 4. The molecule has 0 saturated heterocycles. The van der Waals surface area contributed by atoms with E-state index in [0.717, 1.165) is 9.90 Å². The number of carbonyl (C=O) groups excluding carboxylic acids is 2. The Kier molecular flexibility index (Phi) is 5.66. The molecule has 33 heavy (non-hydrogen) atoms. The highest BCUT2D eigenvalue weighted by molar-refractivity contribution is 5.95. The molecule has 1 aromatic carbocycles. The van der Waals surface area contributed by atoms with Crippen LogP contribution in [0.3, 0.4) is 0 Å². The topological polar surface area (TPSA) is 114 Å². The van der Waals surface area contributed by atoms with Crippen LogP contribution in [-0.2, 0) is 17.4 Å². The quantitative estimate of drug-likeness (QED) is 0.456. The van der Waals surface area contributed by atoms with Crippen molar-refractivity contribution >= 4 is 28.5 Å². The second-order valence-corrected chi connectivity index (χ2v) is 7.30. The van der Waals surface area contributed by atoms with Crippen molar-refractivity contribution in [2.45, 2.75) is 32.9 Å². The van der Waals surface area contributed by atoms with Crippen LogP contribution in [0.15, 0.2) is 36.4 Å². The van der Waals surface area contributed by atoms with E-state index in [4.69, 9.17) is 0 Å². The molecule has 2 amide bonds. The lowest BCUT2D eigenvalue weighted by molar-refractivity contribution is -0.144. The van der Waals surface area contributed by atoms with Crippen molar-refractivity contribution in [3.05, 3.63) is 64.9 Å². The number of hydrazine groups is 1. The van der Waals surface area contributed by atoms with Crippen molar-refractivity contribution in [1.82, 2.24) is 35.4 Å². The third kappa shape index (κ3) is 4.59. The van der Waals surface area contributed by atoms with Gasteiger partial charge >= 0.3 is 6.18 Å². The molecular weight excluding hydrogens is 439 g/mol. The van der Waals surface area contributed by atoms with Gasteiger partial charge in [0.25, 0.3) is 17.5 Å². The fraction of sp³-hybridized carbons (Fsp3) is 0.238. The number of amides is 2. The van der Waals surface area contributed by atoms with Crippen LogP contribution in [0.5, 0.6) is 0 Å². The molecule has 12 heteroatoms. The molecule has 0 atom stereocenters. The van der Waals surface area contributed by atoms with Crippen molar-refractivity contribution in [2.24, 2.45) is 0 Å². The standard InChI is InChI=1S/C21H18F3N7O2/c1-11-14(12(2)31-20(25-11)27-19(30-31)21(22,23)24)8-10-17(32)28-29-18(33)16-9-7-13-5-3-4-6-15(13)26-16/h3-7,9H,8,10H2,1-2H3,(H,28,32)(H,29,33). The van der Waals surface area contributed by atoms with Crippen molar-refractivity contribution in [2.75, 3.05) is 0 Å². The maximum absolute atomic E-state index is 12.9. The monoisotopic (exact) mass is 457 g/mol. The van der Waals surface area contributed by atoms with Crippen molar-refractivity contribution in [1.29, 1.82) is 0 Å². The number of benzene rings is 1. The van der Waals surface area contributed by atoms with Crippen molar-refractivity contribution in [3.8, 4) is 0 Å². The predicted octanol–water partition coefficient (Wildman–Crippen LogP) is 2.70. The zero-order chi connectivity index (χ0) is 23.8. The third-order valence-corrected chi connectivity index (χ3v) is 5.05. The molecule has 0 bridgehead atoms. The Morgan fingerprint density at radius 3 is 2.52 bits per heavy atom. The Bertz CT molecular complexity index is 1380. The van der Waals surface area contributed by atoms with E-state index >= 15 is 0 Å². The van der Waals surface area contributed by atoms with Gasteiger partial charge in [-0.05, 0) is 38.0 Å². The van der Waals surface area contributed by atoms with Gasteiger partial charge in [-0.15, -0.1) is 5.10 Å². The van der Waals surface area contributed by atoms with Crippen LogP contribution in [0, 0.1) is 13.8 Å². The third-order valence-electron chi connectivity index (χ3n) is 5.05. The van der Waals surface area contributed by atoms with Gasteiger partial charge in [0.15, 0.2) is 0 Å². The van der Waals surface area contributed by atoms with Gasteiger partial charge in [0, 0.05) is 23.2 Å². The molecule has 0 spiro atoms. The molecule has 9 nitrogen and oxygen atoms in total. The van der Waals surface area contributed by atoms with Gasteiger partial charge in [-0.2, -0.15) is 18.2 Å². The lowest BCUT2D eigenvalue weighted by atomic mass is 10.1. The molecule has 0 aliphatic heterocycles. The summed E-state index contributed by atoms with van der Waals surface area (Å²) >= 11 is 0. The highest BCUT2D eigenvalue weighted by atomic mass is 19.4. The Labute approximate surface area is 185 Å². The molecule has 0 fully saturated rings. The number of para-hydroxylation sites is 1. The summed E-state index contributed by atoms with van der Waals surface area (Å²) < 4.78 is 39.7. The number of hydrogen-bond acceptors (Lipinski definition) is 6. The second-order valence-electron chi connectivity index (χ2n) is 7.30. The molecule has 0 saturated carbocycles. The number of aryl methyl sites for hydroxylation is 2. The summed E-state index contributed by atoms with van der Waals surface area (Å²) in [5.74, 6) is -2.51. The number of nitrogens with zero attached hydrogens (tertiary/aromatic N) is 5. The predicted molar refractivity (Wildman–Crippen MR) is 111 cm³/mol. The average Bonchev–Trinajstić information content (AvgIpc) is 3.21. The van der Waals surface area contributed by atoms with Crippen LogP contribution >= 0.6 is 0 Å². The fourth-order valence-electron chi connectivity index (χ4n) is 3.37. The first kappa shape index (κ1) is 22.1. The summed E-state index contributed by atoms with van der Waals surface area (Å²) in [4.78, 5) is 36.3. The van der Waals surface area contributed by atoms with Gasteiger partial charge in [0.2, 0.25) is 5.91 Å². The van der Waals surface area contributed by atoms with E-state index in [0.29, 0.717) is 22.5 Å². The van der Waals surface area contributed by atoms with E-state index in [1.54, 1.807) is 38.1 Å². The van der Waals surface area contributed by atoms with Crippen LogP contribution in [0.1, 0.15) is 39.7 Å². The first-order valence-electron chi connectivity index (χ1n) is 9.88. The fourth-order valence-corrected chi connectivity index (χ4v) is 3.37. The summed E-state index contributed by atoms with van der Waals surface area (Å²) in [7, 11) is 0. The Balaban J connectivity index is 1.40. The van der Waals surface area contributed by atoms with Gasteiger partial charge in [-0.25, -0.2) is 14.5 Å². The lowest BCUT2D eigenvalue weighted by Crippen LogP contribution is -2.42. The number of fused-ring (bicyclic) bond motifs is 2. The second kappa shape index (κ2) is 8.45. The smallest absolute Gasteiger partial charge is 0.273 e. The Hall–Kier alpha value is -4.09. The number of hydrogen-bond donors (Lipinski definition) is 2. The van der Waals surface area contributed by atoms with Gasteiger partial charge in [0.1, 0.15) is 5.69 Å². The van der Waals surface area contributed by atoms with Gasteiger partial charge in [-0.3, -0.25) is 20.4 Å². The maximum atomic E-state index is 12.9. The molecule has 170 valence electrons. The van der Waals surface area contributed by atoms with Gasteiger partial charge in [-0.1, -0.05) is 24.3 Å². The number of pyridine rings is 1. The van der Waals surface area contributed by atoms with E-state index in [9.17, 15) is 22.8 Å². The van der Waals surface area contributed by atoms with E-state index in [1.807, 2.05) is 12.1 Å². The van der Waals surface area contributed by atoms with Gasteiger partial charge < -0.3 is 0 Å². The number of aromatic nitrogens is 5. The normalized spacial score (nSPS) is 11.7. The molecule has 4 rings (SSSR count). The molecule has 3 heterocycles.